The van der Waals surface area contributed by atoms with Gasteiger partial charge in [0.05, 0.1) is 11.8 Å². The van der Waals surface area contributed by atoms with Crippen molar-refractivity contribution in [3.05, 3.63) is 53.9 Å². The summed E-state index contributed by atoms with van der Waals surface area (Å²) in [5, 5.41) is 9.20. The van der Waals surface area contributed by atoms with E-state index in [1.165, 1.54) is 6.20 Å². The van der Waals surface area contributed by atoms with E-state index in [2.05, 4.69) is 27.9 Å². The van der Waals surface area contributed by atoms with Crippen LogP contribution in [0, 0.1) is 23.1 Å². The number of ether oxygens (including phenoxy) is 1. The molecule has 3 aliphatic rings. The first-order chi connectivity index (χ1) is 15.5. The van der Waals surface area contributed by atoms with E-state index in [-0.39, 0.29) is 30.4 Å². The molecule has 2 bridgehead atoms. The molecule has 32 heavy (non-hydrogen) atoms. The lowest BCUT2D eigenvalue weighted by Gasteiger charge is -2.44. The maximum atomic E-state index is 14.3. The Labute approximate surface area is 186 Å². The van der Waals surface area contributed by atoms with Crippen LogP contribution in [-0.4, -0.2) is 52.6 Å². The topological polar surface area (TPSA) is 82.4 Å². The lowest BCUT2D eigenvalue weighted by atomic mass is 9.75. The molecule has 2 aromatic rings. The van der Waals surface area contributed by atoms with Gasteiger partial charge in [0.2, 0.25) is 5.91 Å². The fourth-order valence-electron chi connectivity index (χ4n) is 5.50. The van der Waals surface area contributed by atoms with Crippen molar-refractivity contribution in [1.29, 1.82) is 5.26 Å². The van der Waals surface area contributed by atoms with Crippen molar-refractivity contribution in [1.82, 2.24) is 14.9 Å². The Kier molecular flexibility index (Phi) is 5.30. The van der Waals surface area contributed by atoms with Gasteiger partial charge in [0.15, 0.2) is 0 Å². The van der Waals surface area contributed by atoms with Crippen LogP contribution in [0.1, 0.15) is 43.9 Å². The molecule has 2 saturated heterocycles. The Bertz CT molecular complexity index is 1070. The number of pyridine rings is 2. The smallest absolute Gasteiger partial charge is 0.248 e. The summed E-state index contributed by atoms with van der Waals surface area (Å²) in [5.41, 5.74) is 1.16. The quantitative estimate of drug-likeness (QED) is 0.718. The average molecular weight is 436 g/mol. The zero-order valence-electron chi connectivity index (χ0n) is 18.1. The van der Waals surface area contributed by atoms with Crippen LogP contribution in [0.15, 0.2) is 36.8 Å². The number of piperazine rings is 1. The summed E-state index contributed by atoms with van der Waals surface area (Å²) in [7, 11) is 0. The van der Waals surface area contributed by atoms with Crippen molar-refractivity contribution >= 4 is 11.6 Å². The molecular formula is C24H26FN5O2. The van der Waals surface area contributed by atoms with Crippen LogP contribution in [0.3, 0.4) is 0 Å². The Morgan fingerprint density at radius 1 is 1.34 bits per heavy atom. The average Bonchev–Trinajstić information content (AvgIpc) is 2.98. The van der Waals surface area contributed by atoms with Crippen LogP contribution < -0.4 is 4.90 Å². The first kappa shape index (κ1) is 20.8. The fourth-order valence-corrected chi connectivity index (χ4v) is 5.50. The number of carbonyl (C=O) groups excluding carboxylic acids is 1. The molecular weight excluding hydrogens is 409 g/mol. The lowest BCUT2D eigenvalue weighted by Crippen LogP contribution is -2.57. The van der Waals surface area contributed by atoms with E-state index in [1.807, 2.05) is 17.0 Å². The molecule has 8 heteroatoms. The lowest BCUT2D eigenvalue weighted by molar-refractivity contribution is -0.155. The van der Waals surface area contributed by atoms with E-state index in [0.29, 0.717) is 43.1 Å². The summed E-state index contributed by atoms with van der Waals surface area (Å²) in [5.74, 6) is -0.00235. The Hall–Kier alpha value is -3.05. The van der Waals surface area contributed by atoms with Crippen LogP contribution >= 0.6 is 0 Å². The highest BCUT2D eigenvalue weighted by atomic mass is 19.1. The number of anilines is 1. The summed E-state index contributed by atoms with van der Waals surface area (Å²) in [6.45, 7) is 3.39. The molecule has 2 aliphatic heterocycles. The van der Waals surface area contributed by atoms with Gasteiger partial charge >= 0.3 is 0 Å². The van der Waals surface area contributed by atoms with Crippen LogP contribution in [0.5, 0.6) is 0 Å². The Morgan fingerprint density at radius 2 is 2.19 bits per heavy atom. The van der Waals surface area contributed by atoms with Crippen molar-refractivity contribution in [2.75, 3.05) is 24.6 Å². The van der Waals surface area contributed by atoms with E-state index >= 15 is 0 Å². The first-order valence-electron chi connectivity index (χ1n) is 11.2. The molecule has 3 fully saturated rings. The predicted octanol–water partition coefficient (Wildman–Crippen LogP) is 3.01. The number of amides is 1. The minimum Gasteiger partial charge on any atom is -0.362 e. The minimum atomic E-state index is -0.721. The minimum absolute atomic E-state index is 0.0522. The molecule has 5 rings (SSSR count). The number of likely N-dealkylation sites (tertiary alicyclic amines) is 1. The standard InChI is InChI=1S/C24H26FN5O2/c1-16-9-19-13-29(14-22(16)30(19)18-3-8-28-17(10-18)11-26)23(31)15-32-24(5-2-6-24)20-4-7-27-12-21(20)25/h3-4,7-8,10,12,16,19,22H,2,5-6,9,13-15H2,1H3/t16-,19?,22?/m1/s1. The van der Waals surface area contributed by atoms with E-state index in [1.54, 1.807) is 18.5 Å². The molecule has 7 nitrogen and oxygen atoms in total. The summed E-state index contributed by atoms with van der Waals surface area (Å²) in [4.78, 5) is 25.2. The second-order valence-corrected chi connectivity index (χ2v) is 9.14. The van der Waals surface area contributed by atoms with Gasteiger partial charge in [-0.05, 0) is 49.8 Å². The molecule has 0 spiro atoms. The molecule has 2 aromatic heterocycles. The van der Waals surface area contributed by atoms with Crippen LogP contribution in [0.4, 0.5) is 10.1 Å². The summed E-state index contributed by atoms with van der Waals surface area (Å²) >= 11 is 0. The first-order valence-corrected chi connectivity index (χ1v) is 11.2. The van der Waals surface area contributed by atoms with Gasteiger partial charge in [0.25, 0.3) is 0 Å². The van der Waals surface area contributed by atoms with Gasteiger partial charge < -0.3 is 14.5 Å². The molecule has 1 aliphatic carbocycles. The Morgan fingerprint density at radius 3 is 2.88 bits per heavy atom. The van der Waals surface area contributed by atoms with Crippen molar-refractivity contribution in [2.24, 2.45) is 5.92 Å². The van der Waals surface area contributed by atoms with Crippen LogP contribution in [0.2, 0.25) is 0 Å². The van der Waals surface area contributed by atoms with E-state index in [4.69, 9.17) is 4.74 Å². The highest BCUT2D eigenvalue weighted by molar-refractivity contribution is 5.78. The molecule has 166 valence electrons. The van der Waals surface area contributed by atoms with E-state index < -0.39 is 5.60 Å². The number of aromatic nitrogens is 2. The third-order valence-corrected chi connectivity index (χ3v) is 7.30. The molecule has 3 atom stereocenters. The molecule has 2 unspecified atom stereocenters. The highest BCUT2D eigenvalue weighted by Gasteiger charge is 2.47. The largest absolute Gasteiger partial charge is 0.362 e. The van der Waals surface area contributed by atoms with Crippen molar-refractivity contribution in [2.45, 2.75) is 50.3 Å². The number of rotatable bonds is 5. The number of fused-ring (bicyclic) bond motifs is 2. The van der Waals surface area contributed by atoms with Crippen molar-refractivity contribution in [3.8, 4) is 6.07 Å². The van der Waals surface area contributed by atoms with Gasteiger partial charge in [-0.2, -0.15) is 5.26 Å². The summed E-state index contributed by atoms with van der Waals surface area (Å²) in [6.07, 6.45) is 7.80. The second kappa shape index (κ2) is 8.14. The normalized spacial score (nSPS) is 25.8. The number of halogens is 1. The molecule has 4 heterocycles. The molecule has 0 radical (unpaired) electrons. The molecule has 0 N–H and O–H groups in total. The number of nitrogens with zero attached hydrogens (tertiary/aromatic N) is 5. The third-order valence-electron chi connectivity index (χ3n) is 7.30. The zero-order valence-corrected chi connectivity index (χ0v) is 18.1. The zero-order chi connectivity index (χ0) is 22.3. The van der Waals surface area contributed by atoms with Crippen LogP contribution in [-0.2, 0) is 15.1 Å². The molecule has 0 aromatic carbocycles. The summed E-state index contributed by atoms with van der Waals surface area (Å²) in [6, 6.07) is 7.89. The number of carbonyl (C=O) groups is 1. The van der Waals surface area contributed by atoms with Gasteiger partial charge in [-0.25, -0.2) is 9.37 Å². The number of hydrogen-bond donors (Lipinski definition) is 0. The third kappa shape index (κ3) is 3.51. The molecule has 1 amide bonds. The number of nitriles is 1. The fraction of sp³-hybridized carbons (Fsp3) is 0.500. The maximum Gasteiger partial charge on any atom is 0.248 e. The second-order valence-electron chi connectivity index (χ2n) is 9.14. The summed E-state index contributed by atoms with van der Waals surface area (Å²) < 4.78 is 20.4. The number of hydrogen-bond acceptors (Lipinski definition) is 6. The van der Waals surface area contributed by atoms with Gasteiger partial charge in [0.1, 0.15) is 24.2 Å². The van der Waals surface area contributed by atoms with Crippen LogP contribution in [0.25, 0.3) is 0 Å². The van der Waals surface area contributed by atoms with Gasteiger partial charge in [-0.15, -0.1) is 0 Å². The van der Waals surface area contributed by atoms with Gasteiger partial charge in [-0.3, -0.25) is 9.78 Å². The SMILES string of the molecule is C[C@@H]1CC2CN(C(=O)COC3(c4ccncc4F)CCC3)CC1N2c1ccnc(C#N)c1. The van der Waals surface area contributed by atoms with Crippen molar-refractivity contribution < 1.29 is 13.9 Å². The Balaban J connectivity index is 1.28. The van der Waals surface area contributed by atoms with E-state index in [0.717, 1.165) is 18.5 Å². The predicted molar refractivity (Wildman–Crippen MR) is 115 cm³/mol. The van der Waals surface area contributed by atoms with Gasteiger partial charge in [-0.1, -0.05) is 6.92 Å². The molecule has 1 saturated carbocycles. The van der Waals surface area contributed by atoms with Gasteiger partial charge in [0, 0.05) is 48.8 Å². The maximum absolute atomic E-state index is 14.3. The monoisotopic (exact) mass is 435 g/mol. The van der Waals surface area contributed by atoms with E-state index in [9.17, 15) is 14.4 Å². The van der Waals surface area contributed by atoms with Crippen molar-refractivity contribution in [3.63, 3.8) is 0 Å². The highest BCUT2D eigenvalue weighted by Crippen LogP contribution is 2.45.